The second kappa shape index (κ2) is 4.36. The fraction of sp³-hybridized carbons (Fsp3) is 0.625. The SMILES string of the molecule is Cc1cccc(C)c1CC1(O)CCN2CCC1C2. The maximum absolute atomic E-state index is 11.0. The predicted molar refractivity (Wildman–Crippen MR) is 73.7 cm³/mol. The molecule has 98 valence electrons. The summed E-state index contributed by atoms with van der Waals surface area (Å²) in [5, 5.41) is 11.0. The van der Waals surface area contributed by atoms with Crippen LogP contribution in [0.5, 0.6) is 0 Å². The Kier molecular flexibility index (Phi) is 2.95. The highest BCUT2D eigenvalue weighted by Gasteiger charge is 2.44. The Morgan fingerprint density at radius 3 is 2.72 bits per heavy atom. The number of aryl methyl sites for hydroxylation is 2. The molecule has 2 aliphatic heterocycles. The maximum Gasteiger partial charge on any atom is 0.0741 e. The van der Waals surface area contributed by atoms with E-state index in [9.17, 15) is 5.11 Å². The van der Waals surface area contributed by atoms with Gasteiger partial charge in [-0.25, -0.2) is 0 Å². The van der Waals surface area contributed by atoms with Gasteiger partial charge in [0, 0.05) is 25.4 Å². The molecule has 2 saturated heterocycles. The Balaban J connectivity index is 1.87. The minimum atomic E-state index is -0.468. The first kappa shape index (κ1) is 12.2. The van der Waals surface area contributed by atoms with E-state index in [1.807, 2.05) is 0 Å². The number of fused-ring (bicyclic) bond motifs is 2. The molecule has 0 aliphatic carbocycles. The van der Waals surface area contributed by atoms with Gasteiger partial charge < -0.3 is 10.0 Å². The summed E-state index contributed by atoms with van der Waals surface area (Å²) in [6, 6.07) is 6.43. The van der Waals surface area contributed by atoms with Crippen LogP contribution in [0.1, 0.15) is 29.5 Å². The summed E-state index contributed by atoms with van der Waals surface area (Å²) in [5.74, 6) is 0.477. The third-order valence-electron chi connectivity index (χ3n) is 5.02. The third kappa shape index (κ3) is 1.98. The van der Waals surface area contributed by atoms with Gasteiger partial charge in [0.25, 0.3) is 0 Å². The van der Waals surface area contributed by atoms with Gasteiger partial charge in [-0.1, -0.05) is 18.2 Å². The monoisotopic (exact) mass is 245 g/mol. The van der Waals surface area contributed by atoms with Crippen LogP contribution in [-0.4, -0.2) is 35.2 Å². The second-order valence-electron chi connectivity index (χ2n) is 6.19. The van der Waals surface area contributed by atoms with Gasteiger partial charge in [-0.2, -0.15) is 0 Å². The van der Waals surface area contributed by atoms with Crippen molar-refractivity contribution in [3.8, 4) is 0 Å². The standard InChI is InChI=1S/C16H23NO/c1-12-4-3-5-13(2)15(12)10-16(18)7-9-17-8-6-14(16)11-17/h3-5,14,18H,6-11H2,1-2H3. The molecule has 2 nitrogen and oxygen atoms in total. The molecular formula is C16H23NO. The lowest BCUT2D eigenvalue weighted by Crippen LogP contribution is -2.48. The average molecular weight is 245 g/mol. The number of nitrogens with zero attached hydrogens (tertiary/aromatic N) is 1. The van der Waals surface area contributed by atoms with Crippen molar-refractivity contribution in [1.82, 2.24) is 4.90 Å². The fourth-order valence-electron chi connectivity index (χ4n) is 3.70. The van der Waals surface area contributed by atoms with Crippen LogP contribution in [0.4, 0.5) is 0 Å². The van der Waals surface area contributed by atoms with E-state index in [0.29, 0.717) is 5.92 Å². The van der Waals surface area contributed by atoms with Crippen LogP contribution in [0.15, 0.2) is 18.2 Å². The van der Waals surface area contributed by atoms with Crippen LogP contribution in [0.25, 0.3) is 0 Å². The van der Waals surface area contributed by atoms with Gasteiger partial charge in [0.2, 0.25) is 0 Å². The van der Waals surface area contributed by atoms with E-state index in [2.05, 4.69) is 36.9 Å². The largest absolute Gasteiger partial charge is 0.389 e. The first-order valence-corrected chi connectivity index (χ1v) is 7.08. The maximum atomic E-state index is 11.0. The lowest BCUT2D eigenvalue weighted by molar-refractivity contribution is -0.0441. The molecule has 0 amide bonds. The Morgan fingerprint density at radius 2 is 2.00 bits per heavy atom. The van der Waals surface area contributed by atoms with Crippen LogP contribution in [0, 0.1) is 19.8 Å². The molecule has 2 heterocycles. The summed E-state index contributed by atoms with van der Waals surface area (Å²) in [5.41, 5.74) is 3.54. The molecule has 0 saturated carbocycles. The smallest absolute Gasteiger partial charge is 0.0741 e. The predicted octanol–water partition coefficient (Wildman–Crippen LogP) is 2.30. The van der Waals surface area contributed by atoms with E-state index in [1.165, 1.54) is 29.7 Å². The van der Waals surface area contributed by atoms with Crippen molar-refractivity contribution in [3.05, 3.63) is 34.9 Å². The molecule has 2 bridgehead atoms. The molecule has 2 fully saturated rings. The highest BCUT2D eigenvalue weighted by atomic mass is 16.3. The lowest BCUT2D eigenvalue weighted by atomic mass is 9.76. The van der Waals surface area contributed by atoms with Crippen molar-refractivity contribution < 1.29 is 5.11 Å². The number of hydrogen-bond acceptors (Lipinski definition) is 2. The van der Waals surface area contributed by atoms with Crippen LogP contribution in [0.3, 0.4) is 0 Å². The number of aliphatic hydroxyl groups is 1. The quantitative estimate of drug-likeness (QED) is 0.864. The van der Waals surface area contributed by atoms with Crippen molar-refractivity contribution in [2.75, 3.05) is 19.6 Å². The van der Waals surface area contributed by atoms with E-state index in [0.717, 1.165) is 25.9 Å². The zero-order valence-corrected chi connectivity index (χ0v) is 11.4. The normalized spacial score (nSPS) is 34.8. The van der Waals surface area contributed by atoms with Gasteiger partial charge in [0.1, 0.15) is 0 Å². The minimum absolute atomic E-state index is 0.468. The highest BCUT2D eigenvalue weighted by Crippen LogP contribution is 2.38. The fourth-order valence-corrected chi connectivity index (χ4v) is 3.70. The van der Waals surface area contributed by atoms with Gasteiger partial charge in [-0.05, 0) is 49.9 Å². The van der Waals surface area contributed by atoms with E-state index in [1.54, 1.807) is 0 Å². The number of hydrogen-bond donors (Lipinski definition) is 1. The molecule has 0 radical (unpaired) electrons. The molecule has 3 unspecified atom stereocenters. The summed E-state index contributed by atoms with van der Waals surface area (Å²) in [4.78, 5) is 2.49. The first-order chi connectivity index (χ1) is 8.58. The van der Waals surface area contributed by atoms with Crippen molar-refractivity contribution in [2.45, 2.75) is 38.7 Å². The highest BCUT2D eigenvalue weighted by molar-refractivity contribution is 5.35. The van der Waals surface area contributed by atoms with Crippen LogP contribution in [0.2, 0.25) is 0 Å². The van der Waals surface area contributed by atoms with Gasteiger partial charge in [-0.3, -0.25) is 0 Å². The van der Waals surface area contributed by atoms with E-state index in [-0.39, 0.29) is 0 Å². The van der Waals surface area contributed by atoms with Crippen molar-refractivity contribution in [3.63, 3.8) is 0 Å². The number of rotatable bonds is 2. The molecule has 0 aromatic heterocycles. The summed E-state index contributed by atoms with van der Waals surface area (Å²) in [6.07, 6.45) is 2.94. The Morgan fingerprint density at radius 1 is 1.28 bits per heavy atom. The summed E-state index contributed by atoms with van der Waals surface area (Å²) >= 11 is 0. The van der Waals surface area contributed by atoms with Crippen LogP contribution in [-0.2, 0) is 6.42 Å². The lowest BCUT2D eigenvalue weighted by Gasteiger charge is -2.39. The van der Waals surface area contributed by atoms with E-state index in [4.69, 9.17) is 0 Å². The average Bonchev–Trinajstić information content (AvgIpc) is 2.76. The summed E-state index contributed by atoms with van der Waals surface area (Å²) in [6.45, 7) is 7.67. The van der Waals surface area contributed by atoms with E-state index >= 15 is 0 Å². The zero-order chi connectivity index (χ0) is 12.8. The van der Waals surface area contributed by atoms with Gasteiger partial charge in [0.05, 0.1) is 5.60 Å². The topological polar surface area (TPSA) is 23.5 Å². The minimum Gasteiger partial charge on any atom is -0.389 e. The van der Waals surface area contributed by atoms with E-state index < -0.39 is 5.60 Å². The first-order valence-electron chi connectivity index (χ1n) is 7.08. The van der Waals surface area contributed by atoms with Crippen molar-refractivity contribution in [1.29, 1.82) is 0 Å². The molecule has 3 atom stereocenters. The van der Waals surface area contributed by atoms with Gasteiger partial charge in [0.15, 0.2) is 0 Å². The molecular weight excluding hydrogens is 222 g/mol. The van der Waals surface area contributed by atoms with Crippen LogP contribution < -0.4 is 0 Å². The molecule has 0 spiro atoms. The summed E-state index contributed by atoms with van der Waals surface area (Å²) < 4.78 is 0. The van der Waals surface area contributed by atoms with Crippen molar-refractivity contribution in [2.24, 2.45) is 5.92 Å². The van der Waals surface area contributed by atoms with Gasteiger partial charge in [-0.15, -0.1) is 0 Å². The third-order valence-corrected chi connectivity index (χ3v) is 5.02. The number of piperidine rings is 1. The molecule has 2 heteroatoms. The molecule has 2 aliphatic rings. The Hall–Kier alpha value is -0.860. The Labute approximate surface area is 110 Å². The second-order valence-corrected chi connectivity index (χ2v) is 6.19. The number of benzene rings is 1. The van der Waals surface area contributed by atoms with Gasteiger partial charge >= 0.3 is 0 Å². The molecule has 1 aromatic carbocycles. The molecule has 18 heavy (non-hydrogen) atoms. The van der Waals surface area contributed by atoms with Crippen LogP contribution >= 0.6 is 0 Å². The molecule has 3 rings (SSSR count). The summed E-state index contributed by atoms with van der Waals surface area (Å²) in [7, 11) is 0. The molecule has 1 aromatic rings. The molecule has 1 N–H and O–H groups in total. The Bertz CT molecular complexity index is 436. The zero-order valence-electron chi connectivity index (χ0n) is 11.4. The van der Waals surface area contributed by atoms with Crippen molar-refractivity contribution >= 4 is 0 Å².